The lowest BCUT2D eigenvalue weighted by atomic mass is 10.2. The number of rotatable bonds is 4. The Morgan fingerprint density at radius 1 is 1.39 bits per heavy atom. The first kappa shape index (κ1) is 15.2. The number of H-pyrrole nitrogens is 1. The molecule has 0 aliphatic rings. The molecule has 6 nitrogen and oxygen atoms in total. The lowest BCUT2D eigenvalue weighted by Crippen LogP contribution is -2.28. The Hall–Kier alpha value is -2.67. The highest BCUT2D eigenvalue weighted by atomic mass is 32.1. The highest BCUT2D eigenvalue weighted by Gasteiger charge is 2.14. The minimum Gasteiger partial charge on any atom is -0.336 e. The van der Waals surface area contributed by atoms with E-state index in [-0.39, 0.29) is 11.5 Å². The number of carbonyl (C=O) groups is 1. The van der Waals surface area contributed by atoms with Crippen molar-refractivity contribution in [2.75, 3.05) is 7.05 Å². The minimum atomic E-state index is -0.145. The average molecular weight is 328 g/mol. The summed E-state index contributed by atoms with van der Waals surface area (Å²) in [5.41, 5.74) is 2.07. The zero-order valence-corrected chi connectivity index (χ0v) is 13.6. The molecule has 0 radical (unpaired) electrons. The predicted molar refractivity (Wildman–Crippen MR) is 89.4 cm³/mol. The molecule has 0 aliphatic carbocycles. The first-order valence-corrected chi connectivity index (χ1v) is 7.93. The lowest BCUT2D eigenvalue weighted by molar-refractivity contribution is 0.0782. The van der Waals surface area contributed by atoms with Gasteiger partial charge in [0, 0.05) is 26.4 Å². The minimum absolute atomic E-state index is 0.140. The summed E-state index contributed by atoms with van der Waals surface area (Å²) in [6.07, 6.45) is 1.55. The van der Waals surface area contributed by atoms with E-state index in [0.717, 1.165) is 16.3 Å². The third-order valence-electron chi connectivity index (χ3n) is 3.49. The highest BCUT2D eigenvalue weighted by Crippen LogP contribution is 2.23. The van der Waals surface area contributed by atoms with Crippen LogP contribution in [0.15, 0.2) is 46.7 Å². The van der Waals surface area contributed by atoms with Gasteiger partial charge in [-0.1, -0.05) is 6.07 Å². The summed E-state index contributed by atoms with van der Waals surface area (Å²) in [6.45, 7) is 0.417. The third kappa shape index (κ3) is 3.24. The molecule has 3 rings (SSSR count). The molecule has 0 atom stereocenters. The molecule has 0 bridgehead atoms. The second kappa shape index (κ2) is 6.21. The Bertz CT molecular complexity index is 880. The fraction of sp³-hybridized carbons (Fsp3) is 0.188. The number of hydrogen-bond donors (Lipinski definition) is 1. The summed E-state index contributed by atoms with van der Waals surface area (Å²) < 4.78 is 1.40. The SMILES string of the molecule is CN(Cc1cc(-c2cccs2)n[nH]1)C(=O)c1ccc(=O)n(C)c1. The molecule has 3 heterocycles. The number of nitrogens with zero attached hydrogens (tertiary/aromatic N) is 3. The van der Waals surface area contributed by atoms with Crippen molar-refractivity contribution in [3.8, 4) is 10.6 Å². The maximum atomic E-state index is 12.4. The standard InChI is InChI=1S/C16H16N4O2S/c1-19-9-11(5-6-15(19)21)16(22)20(2)10-12-8-13(18-17-12)14-4-3-7-23-14/h3-9H,10H2,1-2H3,(H,17,18). The molecular formula is C16H16N4O2S. The molecule has 3 aromatic heterocycles. The van der Waals surface area contributed by atoms with Gasteiger partial charge >= 0.3 is 0 Å². The molecule has 0 fully saturated rings. The lowest BCUT2D eigenvalue weighted by Gasteiger charge is -2.16. The van der Waals surface area contributed by atoms with Gasteiger partial charge in [-0.25, -0.2) is 0 Å². The summed E-state index contributed by atoms with van der Waals surface area (Å²) in [6, 6.07) is 8.86. The van der Waals surface area contributed by atoms with Gasteiger partial charge < -0.3 is 9.47 Å². The fourth-order valence-electron chi connectivity index (χ4n) is 2.26. The number of thiophene rings is 1. The molecule has 1 amide bonds. The summed E-state index contributed by atoms with van der Waals surface area (Å²) in [5, 5.41) is 9.23. The molecule has 23 heavy (non-hydrogen) atoms. The summed E-state index contributed by atoms with van der Waals surface area (Å²) in [5.74, 6) is -0.145. The van der Waals surface area contributed by atoms with E-state index in [4.69, 9.17) is 0 Å². The number of aryl methyl sites for hydroxylation is 1. The normalized spacial score (nSPS) is 10.7. The van der Waals surface area contributed by atoms with E-state index >= 15 is 0 Å². The van der Waals surface area contributed by atoms with Crippen LogP contribution >= 0.6 is 11.3 Å². The third-order valence-corrected chi connectivity index (χ3v) is 4.38. The first-order valence-electron chi connectivity index (χ1n) is 7.05. The van der Waals surface area contributed by atoms with E-state index in [0.29, 0.717) is 12.1 Å². The number of pyridine rings is 1. The molecule has 0 aliphatic heterocycles. The van der Waals surface area contributed by atoms with E-state index in [1.165, 1.54) is 10.6 Å². The number of hydrogen-bond acceptors (Lipinski definition) is 4. The molecule has 0 unspecified atom stereocenters. The second-order valence-corrected chi connectivity index (χ2v) is 6.23. The van der Waals surface area contributed by atoms with Crippen LogP contribution in [0.1, 0.15) is 16.1 Å². The van der Waals surface area contributed by atoms with Crippen LogP contribution in [0.5, 0.6) is 0 Å². The van der Waals surface area contributed by atoms with Crippen molar-refractivity contribution >= 4 is 17.2 Å². The predicted octanol–water partition coefficient (Wildman–Crippen LogP) is 2.11. The van der Waals surface area contributed by atoms with Gasteiger partial charge in [0.25, 0.3) is 5.91 Å². The number of amides is 1. The summed E-state index contributed by atoms with van der Waals surface area (Å²) in [7, 11) is 3.35. The van der Waals surface area contributed by atoms with Crippen molar-refractivity contribution in [1.82, 2.24) is 19.7 Å². The van der Waals surface area contributed by atoms with Gasteiger partial charge in [0.1, 0.15) is 5.69 Å². The van der Waals surface area contributed by atoms with Crippen LogP contribution in [0.3, 0.4) is 0 Å². The van der Waals surface area contributed by atoms with Gasteiger partial charge in [-0.05, 0) is 23.6 Å². The maximum absolute atomic E-state index is 12.4. The molecule has 3 aromatic rings. The molecule has 7 heteroatoms. The van der Waals surface area contributed by atoms with Crippen LogP contribution in [0.2, 0.25) is 0 Å². The molecule has 0 aromatic carbocycles. The number of aromatic amines is 1. The van der Waals surface area contributed by atoms with Crippen molar-refractivity contribution in [3.63, 3.8) is 0 Å². The van der Waals surface area contributed by atoms with Crippen LogP contribution < -0.4 is 5.56 Å². The fourth-order valence-corrected chi connectivity index (χ4v) is 2.95. The summed E-state index contributed by atoms with van der Waals surface area (Å²) in [4.78, 5) is 26.5. The smallest absolute Gasteiger partial charge is 0.255 e. The second-order valence-electron chi connectivity index (χ2n) is 5.28. The van der Waals surface area contributed by atoms with Crippen LogP contribution in [0, 0.1) is 0 Å². The van der Waals surface area contributed by atoms with E-state index in [9.17, 15) is 9.59 Å². The first-order chi connectivity index (χ1) is 11.0. The molecule has 1 N–H and O–H groups in total. The van der Waals surface area contributed by atoms with Gasteiger partial charge in [-0.3, -0.25) is 14.7 Å². The Kier molecular flexibility index (Phi) is 4.12. The zero-order valence-electron chi connectivity index (χ0n) is 12.8. The van der Waals surface area contributed by atoms with Gasteiger partial charge in [0.05, 0.1) is 22.7 Å². The van der Waals surface area contributed by atoms with Crippen LogP contribution in [-0.2, 0) is 13.6 Å². The molecule has 0 saturated carbocycles. The van der Waals surface area contributed by atoms with Crippen molar-refractivity contribution in [2.45, 2.75) is 6.54 Å². The van der Waals surface area contributed by atoms with Gasteiger partial charge in [0.15, 0.2) is 0 Å². The number of carbonyl (C=O) groups excluding carboxylic acids is 1. The molecular weight excluding hydrogens is 312 g/mol. The summed E-state index contributed by atoms with van der Waals surface area (Å²) >= 11 is 1.62. The quantitative estimate of drug-likeness (QED) is 0.797. The molecule has 118 valence electrons. The van der Waals surface area contributed by atoms with Crippen LogP contribution in [0.4, 0.5) is 0 Å². The topological polar surface area (TPSA) is 71.0 Å². The van der Waals surface area contributed by atoms with Gasteiger partial charge in [0.2, 0.25) is 5.56 Å². The zero-order chi connectivity index (χ0) is 16.4. The van der Waals surface area contributed by atoms with E-state index < -0.39 is 0 Å². The van der Waals surface area contributed by atoms with E-state index in [2.05, 4.69) is 10.2 Å². The Labute approximate surface area is 137 Å². The van der Waals surface area contributed by atoms with Crippen LogP contribution in [0.25, 0.3) is 10.6 Å². The Morgan fingerprint density at radius 2 is 2.22 bits per heavy atom. The van der Waals surface area contributed by atoms with Crippen molar-refractivity contribution in [1.29, 1.82) is 0 Å². The van der Waals surface area contributed by atoms with Gasteiger partial charge in [-0.2, -0.15) is 5.10 Å². The average Bonchev–Trinajstić information content (AvgIpc) is 3.20. The van der Waals surface area contributed by atoms with Crippen molar-refractivity contribution < 1.29 is 4.79 Å². The van der Waals surface area contributed by atoms with Crippen LogP contribution in [-0.4, -0.2) is 32.6 Å². The Morgan fingerprint density at radius 3 is 2.91 bits per heavy atom. The van der Waals surface area contributed by atoms with Crippen molar-refractivity contribution in [2.24, 2.45) is 7.05 Å². The largest absolute Gasteiger partial charge is 0.336 e. The number of nitrogens with one attached hydrogen (secondary N) is 1. The van der Waals surface area contributed by atoms with Crippen molar-refractivity contribution in [3.05, 3.63) is 63.5 Å². The molecule has 0 saturated heterocycles. The van der Waals surface area contributed by atoms with Gasteiger partial charge in [-0.15, -0.1) is 11.3 Å². The Balaban J connectivity index is 1.73. The monoisotopic (exact) mass is 328 g/mol. The van der Waals surface area contributed by atoms with E-state index in [1.807, 2.05) is 23.6 Å². The maximum Gasteiger partial charge on any atom is 0.255 e. The molecule has 0 spiro atoms. The highest BCUT2D eigenvalue weighted by molar-refractivity contribution is 7.13. The number of aromatic nitrogens is 3. The van der Waals surface area contributed by atoms with E-state index in [1.54, 1.807) is 42.6 Å².